The van der Waals surface area contributed by atoms with Gasteiger partial charge in [0, 0.05) is 43.7 Å². The van der Waals surface area contributed by atoms with Crippen molar-refractivity contribution in [3.63, 3.8) is 0 Å². The van der Waals surface area contributed by atoms with Crippen LogP contribution in [0.25, 0.3) is 0 Å². The third-order valence-corrected chi connectivity index (χ3v) is 8.59. The highest BCUT2D eigenvalue weighted by molar-refractivity contribution is 6.42. The SMILES string of the molecule is CCOC(=O)CC[C@H](C(=O)NCc1cc(Cl)c(Cl)cc1F)N1CCC(CCc2ccccc2)N2C[C@H](N)C[C@H]2C1=O.O=CO. The van der Waals surface area contributed by atoms with Crippen LogP contribution >= 0.6 is 23.2 Å². The molecule has 0 radical (unpaired) electrons. The van der Waals surface area contributed by atoms with Gasteiger partial charge in [-0.15, -0.1) is 0 Å². The van der Waals surface area contributed by atoms with Gasteiger partial charge in [-0.25, -0.2) is 4.39 Å². The van der Waals surface area contributed by atoms with Crippen molar-refractivity contribution >= 4 is 47.5 Å². The van der Waals surface area contributed by atoms with Crippen molar-refractivity contribution < 1.29 is 33.4 Å². The number of ether oxygens (including phenoxy) is 1. The first kappa shape index (κ1) is 35.2. The summed E-state index contributed by atoms with van der Waals surface area (Å²) in [6.07, 6.45) is 2.91. The minimum absolute atomic E-state index is 0.0395. The van der Waals surface area contributed by atoms with Crippen molar-refractivity contribution in [2.24, 2.45) is 5.73 Å². The summed E-state index contributed by atoms with van der Waals surface area (Å²) in [5.74, 6) is -1.71. The summed E-state index contributed by atoms with van der Waals surface area (Å²) >= 11 is 11.9. The molecule has 0 spiro atoms. The fourth-order valence-electron chi connectivity index (χ4n) is 5.81. The molecule has 240 valence electrons. The van der Waals surface area contributed by atoms with Crippen LogP contribution in [0.15, 0.2) is 42.5 Å². The number of nitrogens with one attached hydrogen (secondary N) is 1. The van der Waals surface area contributed by atoms with Gasteiger partial charge in [0.1, 0.15) is 11.9 Å². The van der Waals surface area contributed by atoms with E-state index in [0.717, 1.165) is 18.9 Å². The smallest absolute Gasteiger partial charge is 0.305 e. The zero-order valence-electron chi connectivity index (χ0n) is 24.6. The summed E-state index contributed by atoms with van der Waals surface area (Å²) in [5, 5.41) is 9.87. The lowest BCUT2D eigenvalue weighted by molar-refractivity contribution is -0.147. The van der Waals surface area contributed by atoms with Crippen molar-refractivity contribution in [3.05, 3.63) is 69.5 Å². The monoisotopic (exact) mass is 652 g/mol. The lowest BCUT2D eigenvalue weighted by atomic mass is 10.0. The molecule has 2 aliphatic heterocycles. The van der Waals surface area contributed by atoms with Crippen LogP contribution in [-0.4, -0.2) is 83.0 Å². The molecule has 0 aliphatic carbocycles. The Morgan fingerprint density at radius 3 is 2.59 bits per heavy atom. The van der Waals surface area contributed by atoms with E-state index in [1.807, 2.05) is 18.2 Å². The quantitative estimate of drug-likeness (QED) is 0.189. The summed E-state index contributed by atoms with van der Waals surface area (Å²) < 4.78 is 19.6. The molecule has 2 amide bonds. The number of amides is 2. The van der Waals surface area contributed by atoms with Gasteiger partial charge in [0.2, 0.25) is 11.8 Å². The maximum Gasteiger partial charge on any atom is 0.305 e. The second-order valence-corrected chi connectivity index (χ2v) is 11.6. The number of fused-ring (bicyclic) bond motifs is 1. The highest BCUT2D eigenvalue weighted by atomic mass is 35.5. The minimum atomic E-state index is -0.940. The molecule has 13 heteroatoms. The summed E-state index contributed by atoms with van der Waals surface area (Å²) in [6.45, 7) is 2.48. The van der Waals surface area contributed by atoms with Crippen molar-refractivity contribution in [2.45, 2.75) is 76.2 Å². The third-order valence-electron chi connectivity index (χ3n) is 7.87. The van der Waals surface area contributed by atoms with E-state index in [-0.39, 0.29) is 66.1 Å². The normalized spacial score (nSPS) is 20.5. The molecule has 10 nitrogen and oxygen atoms in total. The van der Waals surface area contributed by atoms with Gasteiger partial charge in [-0.3, -0.25) is 24.1 Å². The zero-order chi connectivity index (χ0) is 32.2. The number of halogens is 3. The first-order chi connectivity index (χ1) is 21.1. The second-order valence-electron chi connectivity index (χ2n) is 10.7. The first-order valence-corrected chi connectivity index (χ1v) is 15.3. The Morgan fingerprint density at radius 1 is 1.23 bits per heavy atom. The molecule has 0 aromatic heterocycles. The van der Waals surface area contributed by atoms with Crippen LogP contribution in [-0.2, 0) is 36.9 Å². The Balaban J connectivity index is 0.00000169. The van der Waals surface area contributed by atoms with E-state index >= 15 is 0 Å². The van der Waals surface area contributed by atoms with E-state index in [4.69, 9.17) is 43.6 Å². The lowest BCUT2D eigenvalue weighted by Crippen LogP contribution is -2.53. The van der Waals surface area contributed by atoms with E-state index < -0.39 is 29.8 Å². The molecule has 4 atom stereocenters. The fourth-order valence-corrected chi connectivity index (χ4v) is 6.15. The number of rotatable bonds is 11. The maximum absolute atomic E-state index is 14.5. The average molecular weight is 654 g/mol. The molecule has 2 aromatic rings. The summed E-state index contributed by atoms with van der Waals surface area (Å²) in [7, 11) is 0. The van der Waals surface area contributed by atoms with Crippen LogP contribution in [0.2, 0.25) is 10.0 Å². The molecular formula is C31H39Cl2FN4O6. The molecule has 0 saturated carbocycles. The average Bonchev–Trinajstić information content (AvgIpc) is 3.34. The van der Waals surface area contributed by atoms with E-state index in [2.05, 4.69) is 22.3 Å². The maximum atomic E-state index is 14.5. The van der Waals surface area contributed by atoms with E-state index in [9.17, 15) is 18.8 Å². The van der Waals surface area contributed by atoms with Crippen molar-refractivity contribution in [2.75, 3.05) is 19.7 Å². The molecule has 2 fully saturated rings. The topological polar surface area (TPSA) is 142 Å². The van der Waals surface area contributed by atoms with Crippen LogP contribution in [0.4, 0.5) is 4.39 Å². The zero-order valence-corrected chi connectivity index (χ0v) is 26.1. The largest absolute Gasteiger partial charge is 0.483 e. The Hall–Kier alpha value is -3.25. The highest BCUT2D eigenvalue weighted by Gasteiger charge is 2.45. The Morgan fingerprint density at radius 2 is 1.91 bits per heavy atom. The molecule has 2 heterocycles. The number of esters is 1. The van der Waals surface area contributed by atoms with Gasteiger partial charge in [0.05, 0.1) is 22.7 Å². The summed E-state index contributed by atoms with van der Waals surface area (Å²) in [5.41, 5.74) is 7.71. The predicted molar refractivity (Wildman–Crippen MR) is 165 cm³/mol. The van der Waals surface area contributed by atoms with Gasteiger partial charge in [-0.05, 0) is 56.7 Å². The van der Waals surface area contributed by atoms with Crippen molar-refractivity contribution in [1.29, 1.82) is 0 Å². The number of nitrogens with two attached hydrogens (primary N) is 1. The molecular weight excluding hydrogens is 614 g/mol. The van der Waals surface area contributed by atoms with Crippen LogP contribution in [0, 0.1) is 5.82 Å². The van der Waals surface area contributed by atoms with E-state index in [1.165, 1.54) is 11.6 Å². The number of aryl methyl sites for hydroxylation is 1. The standard InChI is InChI=1S/C30H37Cl2FN4O4.CH2O2/c1-2-41-28(38)11-10-26(29(39)35-17-20-14-23(31)24(32)16-25(20)33)36-13-12-22(9-8-19-6-4-3-5-7-19)37-18-21(34)15-27(37)30(36)40;2-1-3/h3-7,14,16,21-22,26-27H,2,8-13,15,17-18,34H2,1H3,(H,35,39);1H,(H,2,3)/t21-,22?,26-,27+;/m1./s1. The number of hydrogen-bond acceptors (Lipinski definition) is 7. The molecule has 2 aliphatic rings. The number of benzene rings is 2. The third kappa shape index (κ3) is 9.62. The second kappa shape index (κ2) is 17.3. The van der Waals surface area contributed by atoms with Crippen molar-refractivity contribution in [3.8, 4) is 0 Å². The minimum Gasteiger partial charge on any atom is -0.483 e. The van der Waals surface area contributed by atoms with Crippen LogP contribution in [0.1, 0.15) is 50.2 Å². The molecule has 1 unspecified atom stereocenters. The van der Waals surface area contributed by atoms with Gasteiger partial charge in [0.15, 0.2) is 0 Å². The van der Waals surface area contributed by atoms with Gasteiger partial charge in [-0.1, -0.05) is 53.5 Å². The van der Waals surface area contributed by atoms with Crippen molar-refractivity contribution in [1.82, 2.24) is 15.1 Å². The number of carboxylic acid groups (broad SMARTS) is 1. The first-order valence-electron chi connectivity index (χ1n) is 14.6. The molecule has 2 saturated heterocycles. The van der Waals surface area contributed by atoms with E-state index in [1.54, 1.807) is 11.8 Å². The van der Waals surface area contributed by atoms with Crippen LogP contribution in [0.3, 0.4) is 0 Å². The molecule has 44 heavy (non-hydrogen) atoms. The highest BCUT2D eigenvalue weighted by Crippen LogP contribution is 2.30. The van der Waals surface area contributed by atoms with Gasteiger partial charge in [-0.2, -0.15) is 0 Å². The summed E-state index contributed by atoms with van der Waals surface area (Å²) in [4.78, 5) is 51.9. The molecule has 4 rings (SSSR count). The molecule has 0 bridgehead atoms. The Labute approximate surface area is 266 Å². The van der Waals surface area contributed by atoms with Gasteiger partial charge < -0.3 is 25.8 Å². The van der Waals surface area contributed by atoms with Crippen LogP contribution < -0.4 is 11.1 Å². The fraction of sp³-hybridized carbons (Fsp3) is 0.484. The summed E-state index contributed by atoms with van der Waals surface area (Å²) in [6, 6.07) is 11.2. The number of nitrogens with zero attached hydrogens (tertiary/aromatic N) is 2. The molecule has 4 N–H and O–H groups in total. The van der Waals surface area contributed by atoms with E-state index in [0.29, 0.717) is 25.9 Å². The molecule has 2 aromatic carbocycles. The van der Waals surface area contributed by atoms with Gasteiger partial charge in [0.25, 0.3) is 6.47 Å². The number of carbonyl (C=O) groups excluding carboxylic acids is 3. The van der Waals surface area contributed by atoms with Gasteiger partial charge >= 0.3 is 5.97 Å². The van der Waals surface area contributed by atoms with Crippen LogP contribution in [0.5, 0.6) is 0 Å². The Bertz CT molecular complexity index is 1290. The Kier molecular flexibility index (Phi) is 13.8. The predicted octanol–water partition coefficient (Wildman–Crippen LogP) is 3.80. The number of carbonyl (C=O) groups is 4. The lowest BCUT2D eigenvalue weighted by Gasteiger charge is -2.32. The number of hydrogen-bond donors (Lipinski definition) is 3.